The van der Waals surface area contributed by atoms with Crippen LogP contribution in [0.4, 0.5) is 0 Å². The molecule has 27 valence electrons. The van der Waals surface area contributed by atoms with Crippen LogP contribution in [0.5, 0.6) is 0 Å². The summed E-state index contributed by atoms with van der Waals surface area (Å²) in [6, 6.07) is 0. The van der Waals surface area contributed by atoms with Crippen LogP contribution in [0.1, 0.15) is 0 Å². The van der Waals surface area contributed by atoms with Gasteiger partial charge in [0.2, 0.25) is 0 Å². The summed E-state index contributed by atoms with van der Waals surface area (Å²) in [7, 11) is 0. The predicted octanol–water partition coefficient (Wildman–Crippen LogP) is -1.19. The van der Waals surface area contributed by atoms with Gasteiger partial charge in [0.15, 0.2) is 17.4 Å². The first-order chi connectivity index (χ1) is 0. The molecule has 0 nitrogen and oxygen atoms in total. The van der Waals surface area contributed by atoms with E-state index in [1.54, 1.807) is 0 Å². The standard InChI is InChI=1S/Al.Fe.Ni.Sc.3H. The molecule has 0 saturated carbocycles. The van der Waals surface area contributed by atoms with E-state index in [1.807, 2.05) is 0 Å². The van der Waals surface area contributed by atoms with Gasteiger partial charge in [-0.05, 0) is 0 Å². The van der Waals surface area contributed by atoms with Crippen molar-refractivity contribution in [3.8, 4) is 0 Å². The number of hydrogen-bond donors (Lipinski definition) is 0. The summed E-state index contributed by atoms with van der Waals surface area (Å²) in [6.07, 6.45) is 0. The average molecular weight is 190 g/mol. The summed E-state index contributed by atoms with van der Waals surface area (Å²) in [5, 5.41) is 0. The van der Waals surface area contributed by atoms with E-state index in [9.17, 15) is 0 Å². The Balaban J connectivity index is 0. The van der Waals surface area contributed by atoms with Crippen molar-refractivity contribution in [3.05, 3.63) is 0 Å². The molecule has 0 heterocycles. The maximum Gasteiger partial charge on any atom is 0.187 e. The van der Waals surface area contributed by atoms with Crippen molar-refractivity contribution in [1.29, 1.82) is 0 Å². The third kappa shape index (κ3) is 8.83. The molecule has 0 N–H and O–H groups in total. The minimum atomic E-state index is 0. The van der Waals surface area contributed by atoms with Gasteiger partial charge in [-0.25, -0.2) is 0 Å². The van der Waals surface area contributed by atoms with E-state index in [4.69, 9.17) is 0 Å². The van der Waals surface area contributed by atoms with Gasteiger partial charge in [-0.3, -0.25) is 0 Å². The van der Waals surface area contributed by atoms with Gasteiger partial charge in [0, 0.05) is 59.4 Å². The third-order valence-corrected chi connectivity index (χ3v) is 0. The van der Waals surface area contributed by atoms with Gasteiger partial charge in [-0.2, -0.15) is 0 Å². The Morgan fingerprint density at radius 2 is 1.00 bits per heavy atom. The van der Waals surface area contributed by atoms with E-state index in [2.05, 4.69) is 0 Å². The molecule has 0 saturated heterocycles. The van der Waals surface area contributed by atoms with Crippen LogP contribution in [0.15, 0.2) is 0 Å². The van der Waals surface area contributed by atoms with Gasteiger partial charge in [0.25, 0.3) is 0 Å². The summed E-state index contributed by atoms with van der Waals surface area (Å²) < 4.78 is 0. The fourth-order valence-corrected chi connectivity index (χ4v) is 0. The second-order valence-corrected chi connectivity index (χ2v) is 0. The summed E-state index contributed by atoms with van der Waals surface area (Å²) in [4.78, 5) is 0. The van der Waals surface area contributed by atoms with E-state index in [0.29, 0.717) is 0 Å². The topological polar surface area (TPSA) is 0 Å². The van der Waals surface area contributed by atoms with Crippen molar-refractivity contribution in [2.45, 2.75) is 0 Å². The molecule has 0 spiro atoms. The van der Waals surface area contributed by atoms with E-state index in [1.165, 1.54) is 0 Å². The van der Waals surface area contributed by atoms with Crippen molar-refractivity contribution in [2.75, 3.05) is 0 Å². The first kappa shape index (κ1) is 32.2. The maximum atomic E-state index is 0. The Kier molecular flexibility index (Phi) is 146. The molecule has 4 heteroatoms. The predicted molar refractivity (Wildman–Crippen MR) is 9.94 cm³/mol. The minimum Gasteiger partial charge on any atom is 0 e. The van der Waals surface area contributed by atoms with Crippen LogP contribution < -0.4 is 0 Å². The largest absolute Gasteiger partial charge is 0.187 e. The van der Waals surface area contributed by atoms with Crippen LogP contribution in [0.3, 0.4) is 0 Å². The molecule has 0 aromatic carbocycles. The molecule has 0 bridgehead atoms. The Bertz CT molecular complexity index is 8.00. The molecule has 0 rings (SSSR count). The molecule has 0 amide bonds. The van der Waals surface area contributed by atoms with Crippen LogP contribution in [0.25, 0.3) is 0 Å². The fourth-order valence-electron chi connectivity index (χ4n) is 0. The smallest absolute Gasteiger partial charge is 0 e. The number of rotatable bonds is 0. The third-order valence-electron chi connectivity index (χ3n) is 0. The van der Waals surface area contributed by atoms with E-state index >= 15 is 0 Å². The Morgan fingerprint density at radius 1 is 1.00 bits per heavy atom. The van der Waals surface area contributed by atoms with Crippen molar-refractivity contribution in [2.24, 2.45) is 0 Å². The first-order valence-corrected chi connectivity index (χ1v) is 0. The summed E-state index contributed by atoms with van der Waals surface area (Å²) in [5.74, 6) is 0. The maximum absolute atomic E-state index is 0. The van der Waals surface area contributed by atoms with Crippen LogP contribution in [0.2, 0.25) is 0 Å². The van der Waals surface area contributed by atoms with E-state index in [-0.39, 0.29) is 76.8 Å². The zero-order chi connectivity index (χ0) is 0. The zero-order valence-corrected chi connectivity index (χ0v) is 5.14. The second kappa shape index (κ2) is 18.1. The van der Waals surface area contributed by atoms with Crippen molar-refractivity contribution in [3.63, 3.8) is 0 Å². The summed E-state index contributed by atoms with van der Waals surface area (Å²) in [5.41, 5.74) is 0. The van der Waals surface area contributed by atoms with E-state index in [0.717, 1.165) is 0 Å². The van der Waals surface area contributed by atoms with Crippen LogP contribution in [-0.2, 0) is 59.4 Å². The number of hydrogen-bond acceptors (Lipinski definition) is 0. The zero-order valence-electron chi connectivity index (χ0n) is 1.25. The van der Waals surface area contributed by atoms with Gasteiger partial charge in [0.05, 0.1) is 0 Å². The van der Waals surface area contributed by atoms with Gasteiger partial charge < -0.3 is 0 Å². The molecular formula is H3AlFeNiSc. The van der Waals surface area contributed by atoms with E-state index < -0.39 is 0 Å². The van der Waals surface area contributed by atoms with Crippen molar-refractivity contribution in [1.82, 2.24) is 0 Å². The second-order valence-electron chi connectivity index (χ2n) is 0. The minimum absolute atomic E-state index is 0. The molecule has 0 aliphatic carbocycles. The molecule has 1 radical (unpaired) electrons. The van der Waals surface area contributed by atoms with Crippen LogP contribution in [0, 0.1) is 0 Å². The first-order valence-electron chi connectivity index (χ1n) is 0. The van der Waals surface area contributed by atoms with Gasteiger partial charge >= 0.3 is 0 Å². The van der Waals surface area contributed by atoms with Gasteiger partial charge in [-0.15, -0.1) is 0 Å². The quantitative estimate of drug-likeness (QED) is 0.421. The van der Waals surface area contributed by atoms with Gasteiger partial charge in [0.1, 0.15) is 0 Å². The molecule has 0 unspecified atom stereocenters. The Hall–Kier alpha value is 2.42. The van der Waals surface area contributed by atoms with Crippen LogP contribution >= 0.6 is 0 Å². The van der Waals surface area contributed by atoms with Crippen molar-refractivity contribution < 1.29 is 59.4 Å². The molecule has 0 aromatic rings. The molecule has 0 fully saturated rings. The molecular weight excluding hydrogens is 186 g/mol. The average Bonchev–Trinajstić information content (AvgIpc) is 0. The van der Waals surface area contributed by atoms with Crippen molar-refractivity contribution >= 4 is 17.4 Å². The fraction of sp³-hybridized carbons (Fsp3) is 0. The SMILES string of the molecule is [AlH3].[Fe].[Ni].[Sc]. The molecule has 0 atom stereocenters. The molecule has 0 aliphatic rings. The van der Waals surface area contributed by atoms with Gasteiger partial charge in [-0.1, -0.05) is 0 Å². The normalized spacial score (nSPS) is 0. The Morgan fingerprint density at radius 3 is 1.00 bits per heavy atom. The summed E-state index contributed by atoms with van der Waals surface area (Å²) in [6.45, 7) is 0. The van der Waals surface area contributed by atoms with Crippen LogP contribution in [-0.4, -0.2) is 17.4 Å². The monoisotopic (exact) mass is 189 g/mol. The molecule has 0 aliphatic heterocycles. The Labute approximate surface area is 75.8 Å². The summed E-state index contributed by atoms with van der Waals surface area (Å²) >= 11 is 0. The molecule has 4 heavy (non-hydrogen) atoms. The molecule has 0 aromatic heterocycles.